The van der Waals surface area contributed by atoms with Crippen molar-refractivity contribution in [1.29, 1.82) is 0 Å². The molecule has 0 bridgehead atoms. The number of carbonyl (C=O) groups is 2. The lowest BCUT2D eigenvalue weighted by molar-refractivity contribution is -0.137. The first-order chi connectivity index (χ1) is 9.63. The summed E-state index contributed by atoms with van der Waals surface area (Å²) in [6, 6.07) is 5.10. The second kappa shape index (κ2) is 6.68. The first-order valence-electron chi connectivity index (χ1n) is 6.23. The number of carboxylic acids is 1. The van der Waals surface area contributed by atoms with E-state index in [1.807, 2.05) is 0 Å². The summed E-state index contributed by atoms with van der Waals surface area (Å²) in [5.74, 6) is -1.61. The van der Waals surface area contributed by atoms with E-state index in [4.69, 9.17) is 5.11 Å². The van der Waals surface area contributed by atoms with Crippen molar-refractivity contribution in [2.75, 3.05) is 13.6 Å². The maximum atomic E-state index is 11.9. The highest BCUT2D eigenvalue weighted by Gasteiger charge is 2.18. The highest BCUT2D eigenvalue weighted by atomic mass is 32.2. The molecule has 0 atom stereocenters. The van der Waals surface area contributed by atoms with Crippen molar-refractivity contribution < 1.29 is 23.1 Å². The van der Waals surface area contributed by atoms with Gasteiger partial charge in [0.25, 0.3) is 5.91 Å². The number of benzene rings is 1. The van der Waals surface area contributed by atoms with E-state index in [0.29, 0.717) is 0 Å². The van der Waals surface area contributed by atoms with E-state index in [2.05, 4.69) is 4.72 Å². The molecule has 0 fully saturated rings. The summed E-state index contributed by atoms with van der Waals surface area (Å²) in [5, 5.41) is 8.63. The smallest absolute Gasteiger partial charge is 0.323 e. The number of amides is 1. The van der Waals surface area contributed by atoms with Crippen LogP contribution in [0.25, 0.3) is 0 Å². The third kappa shape index (κ3) is 4.83. The molecule has 1 rings (SSSR count). The fourth-order valence-electron chi connectivity index (χ4n) is 1.65. The molecule has 0 saturated carbocycles. The topological polar surface area (TPSA) is 104 Å². The van der Waals surface area contributed by atoms with Crippen LogP contribution in [0.1, 0.15) is 24.2 Å². The number of likely N-dealkylation sites (N-methyl/N-ethyl adjacent to an activating group) is 1. The lowest BCUT2D eigenvalue weighted by atomic mass is 10.2. The van der Waals surface area contributed by atoms with Gasteiger partial charge in [0, 0.05) is 18.7 Å². The molecule has 0 saturated heterocycles. The quantitative estimate of drug-likeness (QED) is 0.797. The molecule has 21 heavy (non-hydrogen) atoms. The van der Waals surface area contributed by atoms with Crippen LogP contribution in [-0.2, 0) is 14.8 Å². The summed E-state index contributed by atoms with van der Waals surface area (Å²) in [6.45, 7) is 2.99. The summed E-state index contributed by atoms with van der Waals surface area (Å²) in [7, 11) is -2.25. The fraction of sp³-hybridized carbons (Fsp3) is 0.385. The molecule has 116 valence electrons. The Morgan fingerprint density at radius 2 is 1.76 bits per heavy atom. The van der Waals surface area contributed by atoms with Crippen LogP contribution < -0.4 is 4.72 Å². The molecule has 1 amide bonds. The predicted molar refractivity (Wildman–Crippen MR) is 76.5 cm³/mol. The number of nitrogens with one attached hydrogen (secondary N) is 1. The minimum Gasteiger partial charge on any atom is -0.480 e. The third-order valence-corrected chi connectivity index (χ3v) is 4.20. The molecule has 1 aromatic carbocycles. The van der Waals surface area contributed by atoms with Crippen LogP contribution >= 0.6 is 0 Å². The molecule has 0 unspecified atom stereocenters. The van der Waals surface area contributed by atoms with Gasteiger partial charge in [0.05, 0.1) is 4.90 Å². The highest BCUT2D eigenvalue weighted by molar-refractivity contribution is 7.89. The Morgan fingerprint density at radius 1 is 1.24 bits per heavy atom. The van der Waals surface area contributed by atoms with Gasteiger partial charge in [-0.25, -0.2) is 13.1 Å². The first kappa shape index (κ1) is 17.1. The Morgan fingerprint density at radius 3 is 2.19 bits per heavy atom. The van der Waals surface area contributed by atoms with Crippen molar-refractivity contribution in [3.05, 3.63) is 29.8 Å². The van der Waals surface area contributed by atoms with Crippen molar-refractivity contribution >= 4 is 21.9 Å². The molecule has 7 nitrogen and oxygen atoms in total. The van der Waals surface area contributed by atoms with E-state index in [0.717, 1.165) is 4.90 Å². The van der Waals surface area contributed by atoms with Crippen LogP contribution in [0.3, 0.4) is 0 Å². The molecule has 0 spiro atoms. The number of hydrogen-bond acceptors (Lipinski definition) is 4. The van der Waals surface area contributed by atoms with Gasteiger partial charge in [-0.15, -0.1) is 0 Å². The van der Waals surface area contributed by atoms with Crippen LogP contribution in [0.5, 0.6) is 0 Å². The molecular weight excluding hydrogens is 296 g/mol. The summed E-state index contributed by atoms with van der Waals surface area (Å²) < 4.78 is 26.3. The second-order valence-corrected chi connectivity index (χ2v) is 6.57. The van der Waals surface area contributed by atoms with Gasteiger partial charge in [0.2, 0.25) is 10.0 Å². The molecule has 0 radical (unpaired) electrons. The van der Waals surface area contributed by atoms with Crippen LogP contribution in [-0.4, -0.2) is 49.9 Å². The van der Waals surface area contributed by atoms with Gasteiger partial charge in [-0.2, -0.15) is 0 Å². The number of rotatable bonds is 6. The van der Waals surface area contributed by atoms with Crippen molar-refractivity contribution in [3.63, 3.8) is 0 Å². The summed E-state index contributed by atoms with van der Waals surface area (Å²) in [6.07, 6.45) is 0. The molecular formula is C13H18N2O5S. The van der Waals surface area contributed by atoms with E-state index in [1.165, 1.54) is 31.3 Å². The molecule has 0 aliphatic heterocycles. The molecule has 0 heterocycles. The Bertz CT molecular complexity index is 622. The Kier molecular flexibility index (Phi) is 5.45. The largest absolute Gasteiger partial charge is 0.480 e. The maximum Gasteiger partial charge on any atom is 0.323 e. The number of carboxylic acid groups (broad SMARTS) is 1. The Hall–Kier alpha value is -1.93. The Labute approximate surface area is 123 Å². The van der Waals surface area contributed by atoms with Crippen molar-refractivity contribution in [1.82, 2.24) is 9.62 Å². The van der Waals surface area contributed by atoms with Crippen molar-refractivity contribution in [2.24, 2.45) is 0 Å². The minimum atomic E-state index is -3.61. The van der Waals surface area contributed by atoms with E-state index in [1.54, 1.807) is 13.8 Å². The van der Waals surface area contributed by atoms with Gasteiger partial charge in [0.15, 0.2) is 0 Å². The molecule has 0 aliphatic carbocycles. The zero-order valence-corrected chi connectivity index (χ0v) is 12.8. The zero-order valence-electron chi connectivity index (χ0n) is 12.0. The van der Waals surface area contributed by atoms with Gasteiger partial charge in [0.1, 0.15) is 6.54 Å². The van der Waals surface area contributed by atoms with Crippen molar-refractivity contribution in [2.45, 2.75) is 24.8 Å². The van der Waals surface area contributed by atoms with Crippen LogP contribution in [0.2, 0.25) is 0 Å². The molecule has 8 heteroatoms. The first-order valence-corrected chi connectivity index (χ1v) is 7.71. The van der Waals surface area contributed by atoms with Gasteiger partial charge in [-0.05, 0) is 38.1 Å². The molecule has 1 aromatic rings. The number of nitrogens with zero attached hydrogens (tertiary/aromatic N) is 1. The monoisotopic (exact) mass is 314 g/mol. The SMILES string of the molecule is CC(C)NS(=O)(=O)c1ccc(C(=O)N(C)CC(=O)O)cc1. The van der Waals surface area contributed by atoms with Crippen LogP contribution in [0, 0.1) is 0 Å². The van der Waals surface area contributed by atoms with E-state index < -0.39 is 28.4 Å². The predicted octanol–water partition coefficient (Wildman–Crippen LogP) is 0.530. The average molecular weight is 314 g/mol. The van der Waals surface area contributed by atoms with Gasteiger partial charge >= 0.3 is 5.97 Å². The van der Waals surface area contributed by atoms with E-state index in [9.17, 15) is 18.0 Å². The normalized spacial score (nSPS) is 11.4. The van der Waals surface area contributed by atoms with Crippen LogP contribution in [0.15, 0.2) is 29.2 Å². The van der Waals surface area contributed by atoms with Gasteiger partial charge in [-0.3, -0.25) is 9.59 Å². The summed E-state index contributed by atoms with van der Waals surface area (Å²) in [4.78, 5) is 23.6. The minimum absolute atomic E-state index is 0.0497. The summed E-state index contributed by atoms with van der Waals surface area (Å²) in [5.41, 5.74) is 0.224. The number of sulfonamides is 1. The maximum absolute atomic E-state index is 11.9. The van der Waals surface area contributed by atoms with Crippen LogP contribution in [0.4, 0.5) is 0 Å². The molecule has 0 aliphatic rings. The third-order valence-electron chi connectivity index (χ3n) is 2.52. The van der Waals surface area contributed by atoms with Crippen molar-refractivity contribution in [3.8, 4) is 0 Å². The van der Waals surface area contributed by atoms with E-state index >= 15 is 0 Å². The molecule has 2 N–H and O–H groups in total. The lowest BCUT2D eigenvalue weighted by Gasteiger charge is -2.15. The summed E-state index contributed by atoms with van der Waals surface area (Å²) >= 11 is 0. The lowest BCUT2D eigenvalue weighted by Crippen LogP contribution is -2.32. The van der Waals surface area contributed by atoms with E-state index in [-0.39, 0.29) is 16.5 Å². The van der Waals surface area contributed by atoms with Gasteiger partial charge < -0.3 is 10.0 Å². The number of aliphatic carboxylic acids is 1. The molecule has 0 aromatic heterocycles. The highest BCUT2D eigenvalue weighted by Crippen LogP contribution is 2.12. The number of hydrogen-bond donors (Lipinski definition) is 2. The fourth-order valence-corrected chi connectivity index (χ4v) is 2.90. The average Bonchev–Trinajstić information content (AvgIpc) is 2.35. The Balaban J connectivity index is 2.93. The standard InChI is InChI=1S/C13H18N2O5S/c1-9(2)14-21(19,20)11-6-4-10(5-7-11)13(18)15(3)8-12(16)17/h4-7,9,14H,8H2,1-3H3,(H,16,17). The zero-order chi connectivity index (χ0) is 16.2. The second-order valence-electron chi connectivity index (χ2n) is 4.86. The van der Waals surface area contributed by atoms with Gasteiger partial charge in [-0.1, -0.05) is 0 Å². The number of carbonyl (C=O) groups excluding carboxylic acids is 1.